The molecule has 0 aliphatic carbocycles. The maximum Gasteiger partial charge on any atom is 0.338 e. The monoisotopic (exact) mass is 330 g/mol. The fourth-order valence-corrected chi connectivity index (χ4v) is 1.87. The van der Waals surface area contributed by atoms with Gasteiger partial charge in [0.1, 0.15) is 5.75 Å². The van der Waals surface area contributed by atoms with Gasteiger partial charge in [-0.05, 0) is 23.6 Å². The Morgan fingerprint density at radius 3 is 2.14 bits per heavy atom. The van der Waals surface area contributed by atoms with Crippen LogP contribution in [0.1, 0.15) is 41.5 Å². The van der Waals surface area contributed by atoms with Crippen LogP contribution in [0.2, 0.25) is 0 Å². The van der Waals surface area contributed by atoms with Crippen molar-refractivity contribution in [3.63, 3.8) is 0 Å². The molecule has 0 saturated carbocycles. The van der Waals surface area contributed by atoms with Crippen LogP contribution in [0.15, 0.2) is 18.2 Å². The molecular formula is C14H18O7S. The largest absolute Gasteiger partial charge is 0.478 e. The Balaban J connectivity index is 3.13. The van der Waals surface area contributed by atoms with E-state index in [9.17, 15) is 18.0 Å². The molecular weight excluding hydrogens is 312 g/mol. The van der Waals surface area contributed by atoms with Crippen LogP contribution in [0.5, 0.6) is 5.75 Å². The summed E-state index contributed by atoms with van der Waals surface area (Å²) in [5.41, 5.74) is -0.627. The summed E-state index contributed by atoms with van der Waals surface area (Å²) in [6.07, 6.45) is 0.817. The molecule has 22 heavy (non-hydrogen) atoms. The van der Waals surface area contributed by atoms with Gasteiger partial charge in [0.25, 0.3) is 0 Å². The lowest BCUT2D eigenvalue weighted by Gasteiger charge is -2.18. The average Bonchev–Trinajstić information content (AvgIpc) is 2.32. The second-order valence-electron chi connectivity index (χ2n) is 5.98. The third-order valence-electron chi connectivity index (χ3n) is 2.27. The third kappa shape index (κ3) is 6.13. The van der Waals surface area contributed by atoms with E-state index in [0.717, 1.165) is 24.5 Å². The maximum absolute atomic E-state index is 12.0. The van der Waals surface area contributed by atoms with E-state index in [1.165, 1.54) is 0 Å². The Bertz CT molecular complexity index is 684. The van der Waals surface area contributed by atoms with Gasteiger partial charge in [-0.3, -0.25) is 0 Å². The summed E-state index contributed by atoms with van der Waals surface area (Å²) in [7, 11) is -3.84. The minimum Gasteiger partial charge on any atom is -0.478 e. The SMILES string of the molecule is CC(C)(C)COC(=O)c1cc(OS(C)(=O)=O)cc(C(=O)O)c1. The van der Waals surface area contributed by atoms with Gasteiger partial charge in [-0.15, -0.1) is 0 Å². The molecule has 0 unspecified atom stereocenters. The average molecular weight is 330 g/mol. The minimum atomic E-state index is -3.84. The highest BCUT2D eigenvalue weighted by Gasteiger charge is 2.19. The first-order chi connectivity index (χ1) is 9.87. The Kier molecular flexibility index (Phi) is 5.18. The Morgan fingerprint density at radius 1 is 1.14 bits per heavy atom. The fourth-order valence-electron chi connectivity index (χ4n) is 1.43. The van der Waals surface area contributed by atoms with Crippen molar-refractivity contribution in [2.75, 3.05) is 12.9 Å². The van der Waals surface area contributed by atoms with E-state index >= 15 is 0 Å². The summed E-state index contributed by atoms with van der Waals surface area (Å²) >= 11 is 0. The van der Waals surface area contributed by atoms with Crippen molar-refractivity contribution in [3.05, 3.63) is 29.3 Å². The van der Waals surface area contributed by atoms with Gasteiger partial charge in [-0.2, -0.15) is 8.42 Å². The van der Waals surface area contributed by atoms with E-state index in [4.69, 9.17) is 9.84 Å². The molecule has 0 spiro atoms. The van der Waals surface area contributed by atoms with Crippen LogP contribution in [0.4, 0.5) is 0 Å². The van der Waals surface area contributed by atoms with Gasteiger partial charge >= 0.3 is 22.1 Å². The summed E-state index contributed by atoms with van der Waals surface area (Å²) in [4.78, 5) is 23.0. The number of carbonyl (C=O) groups excluding carboxylic acids is 1. The zero-order valence-corrected chi connectivity index (χ0v) is 13.6. The van der Waals surface area contributed by atoms with E-state index in [-0.39, 0.29) is 28.9 Å². The molecule has 0 aromatic heterocycles. The zero-order valence-electron chi connectivity index (χ0n) is 12.7. The molecule has 0 saturated heterocycles. The van der Waals surface area contributed by atoms with Crippen LogP contribution >= 0.6 is 0 Å². The predicted octanol–water partition coefficient (Wildman–Crippen LogP) is 1.93. The molecule has 1 N–H and O–H groups in total. The number of benzene rings is 1. The predicted molar refractivity (Wildman–Crippen MR) is 78.6 cm³/mol. The van der Waals surface area contributed by atoms with E-state index in [2.05, 4.69) is 4.18 Å². The zero-order chi connectivity index (χ0) is 17.1. The van der Waals surface area contributed by atoms with Crippen LogP contribution in [-0.2, 0) is 14.9 Å². The van der Waals surface area contributed by atoms with Gasteiger partial charge < -0.3 is 14.0 Å². The summed E-state index contributed by atoms with van der Waals surface area (Å²) in [5, 5.41) is 9.02. The number of ether oxygens (including phenoxy) is 1. The molecule has 0 aliphatic heterocycles. The molecule has 0 bridgehead atoms. The van der Waals surface area contributed by atoms with Crippen LogP contribution < -0.4 is 4.18 Å². The fraction of sp³-hybridized carbons (Fsp3) is 0.429. The highest BCUT2D eigenvalue weighted by atomic mass is 32.2. The molecule has 0 aliphatic rings. The number of hydrogen-bond donors (Lipinski definition) is 1. The molecule has 0 atom stereocenters. The van der Waals surface area contributed by atoms with E-state index in [1.54, 1.807) is 0 Å². The highest BCUT2D eigenvalue weighted by Crippen LogP contribution is 2.21. The molecule has 0 amide bonds. The third-order valence-corrected chi connectivity index (χ3v) is 2.77. The van der Waals surface area contributed by atoms with Crippen LogP contribution in [-0.4, -0.2) is 38.3 Å². The lowest BCUT2D eigenvalue weighted by Crippen LogP contribution is -2.19. The number of esters is 1. The summed E-state index contributed by atoms with van der Waals surface area (Å²) in [6, 6.07) is 3.24. The van der Waals surface area contributed by atoms with Gasteiger partial charge in [0.2, 0.25) is 0 Å². The Morgan fingerprint density at radius 2 is 1.68 bits per heavy atom. The summed E-state index contributed by atoms with van der Waals surface area (Å²) in [5.74, 6) is -2.33. The van der Waals surface area contributed by atoms with Crippen molar-refractivity contribution in [2.24, 2.45) is 5.41 Å². The van der Waals surface area contributed by atoms with Crippen molar-refractivity contribution in [1.82, 2.24) is 0 Å². The molecule has 1 aromatic rings. The Hall–Kier alpha value is -2.09. The highest BCUT2D eigenvalue weighted by molar-refractivity contribution is 7.86. The standard InChI is InChI=1S/C14H18O7S/c1-14(2,3)8-20-13(17)10-5-9(12(15)16)6-11(7-10)21-22(4,18)19/h5-7H,8H2,1-4H3,(H,15,16). The van der Waals surface area contributed by atoms with Gasteiger partial charge in [-0.1, -0.05) is 20.8 Å². The van der Waals surface area contributed by atoms with Gasteiger partial charge in [0, 0.05) is 0 Å². The minimum absolute atomic E-state index is 0.0946. The summed E-state index contributed by atoms with van der Waals surface area (Å²) in [6.45, 7) is 5.73. The smallest absolute Gasteiger partial charge is 0.338 e. The molecule has 122 valence electrons. The molecule has 1 aromatic carbocycles. The molecule has 7 nitrogen and oxygen atoms in total. The van der Waals surface area contributed by atoms with Gasteiger partial charge in [-0.25, -0.2) is 9.59 Å². The number of carboxylic acid groups (broad SMARTS) is 1. The van der Waals surface area contributed by atoms with E-state index < -0.39 is 22.1 Å². The lowest BCUT2D eigenvalue weighted by atomic mass is 9.99. The molecule has 0 radical (unpaired) electrons. The second-order valence-corrected chi connectivity index (χ2v) is 7.55. The van der Waals surface area contributed by atoms with Gasteiger partial charge in [0.05, 0.1) is 24.0 Å². The second kappa shape index (κ2) is 6.35. The van der Waals surface area contributed by atoms with Crippen molar-refractivity contribution >= 4 is 22.1 Å². The van der Waals surface area contributed by atoms with Crippen molar-refractivity contribution in [1.29, 1.82) is 0 Å². The summed E-state index contributed by atoms with van der Waals surface area (Å²) < 4.78 is 32.0. The number of carboxylic acids is 1. The first-order valence-electron chi connectivity index (χ1n) is 6.32. The Labute approximate surface area is 129 Å². The van der Waals surface area contributed by atoms with Crippen molar-refractivity contribution < 1.29 is 32.0 Å². The van der Waals surface area contributed by atoms with Gasteiger partial charge in [0.15, 0.2) is 0 Å². The lowest BCUT2D eigenvalue weighted by molar-refractivity contribution is 0.0366. The van der Waals surface area contributed by atoms with E-state index in [0.29, 0.717) is 0 Å². The normalized spacial score (nSPS) is 11.8. The number of carbonyl (C=O) groups is 2. The topological polar surface area (TPSA) is 107 Å². The quantitative estimate of drug-likeness (QED) is 0.649. The number of rotatable bonds is 5. The van der Waals surface area contributed by atoms with Crippen LogP contribution in [0.25, 0.3) is 0 Å². The van der Waals surface area contributed by atoms with Crippen molar-refractivity contribution in [2.45, 2.75) is 20.8 Å². The molecule has 0 heterocycles. The van der Waals surface area contributed by atoms with Crippen LogP contribution in [0.3, 0.4) is 0 Å². The van der Waals surface area contributed by atoms with Crippen molar-refractivity contribution in [3.8, 4) is 5.75 Å². The number of aromatic carboxylic acids is 1. The number of hydrogen-bond acceptors (Lipinski definition) is 6. The molecule has 0 fully saturated rings. The van der Waals surface area contributed by atoms with Crippen LogP contribution in [0, 0.1) is 5.41 Å². The maximum atomic E-state index is 12.0. The first kappa shape index (κ1) is 18.0. The molecule has 1 rings (SSSR count). The van der Waals surface area contributed by atoms with E-state index in [1.807, 2.05) is 20.8 Å². The molecule has 8 heteroatoms. The first-order valence-corrected chi connectivity index (χ1v) is 8.14.